The Morgan fingerprint density at radius 1 is 0.557 bits per heavy atom. The lowest BCUT2D eigenvalue weighted by molar-refractivity contribution is -0.116. The Kier molecular flexibility index (Phi) is 32.0. The molecule has 15 heterocycles. The van der Waals surface area contributed by atoms with Crippen molar-refractivity contribution < 1.29 is 49.5 Å². The number of hydrogen-bond donors (Lipinski definition) is 17. The fraction of sp³-hybridized carbons (Fsp3) is 0.276. The second-order valence-corrected chi connectivity index (χ2v) is 37.0. The molecule has 0 fully saturated rings. The van der Waals surface area contributed by atoms with Crippen LogP contribution >= 0.6 is 92.5 Å². The third-order valence-corrected chi connectivity index (χ3v) is 25.7. The number of aliphatic hydroxyl groups is 3. The Balaban J connectivity index is 0.000000157. The number of carbonyl (C=O) groups is 5. The standard InChI is InChI=1S/C23H25N9O5S.C22H22Cl2N6O3S.C22H25ClN8O2S.C20H19ClN8O4S/c1-11(16(35)9-33)27-20(24)19-21(36)30-38-22(19)29-17-8-14(25-10-26-17)23(37)32-7-6-13-15(32)4-5-18(28-13)31(3)12(2)34;1-9(2)27-19(25)16-20(32)29-34-21(16)28-11-4-5-15(31)13(7-11)22(33)30-10(3)6-12-14(30)8-26-18(24)17(12)23;1-9(2)26-18(24)16-19(32)30-34-20(16)29-22-25-8-10(3)17(28-22)21(33)31-14-6-11(4)27-12(5)13(14)7-15(31)23;1-8-5-11-10(15(21)24-8)3-4-29(11)19(33)14-12(31)6-23-20(26-14)27-18-13(17(32)28-34-18)16(22)25-9(2)7-30/h4-8,10-11,16,33,35H,9H2,1-3H3,(H2,24,27)(H,30,36)(H,25,26,29);4-5,7-10,28,31H,6H2,1-3H3,(H2,25,27)(H,29,32);6,8-9,15H,7H2,1-5H3,(H2,24,26)(H,30,32)(H,25,28,29);3-6,9,30-31H,7H2,1-2H3,(H2,22,25)(H,28,32)(H,23,26,27). The maximum Gasteiger partial charge on any atom is 0.285 e. The van der Waals surface area contributed by atoms with Crippen LogP contribution in [0.2, 0.25) is 15.3 Å². The molecule has 0 aliphatic carbocycles. The number of alkyl halides is 1. The van der Waals surface area contributed by atoms with E-state index in [-0.39, 0.29) is 160 Å². The number of phenolic OH excluding ortho intramolecular Hbond substituents is 1. The van der Waals surface area contributed by atoms with Crippen molar-refractivity contribution in [1.82, 2.24) is 76.5 Å². The summed E-state index contributed by atoms with van der Waals surface area (Å²) >= 11 is 29.1. The predicted molar refractivity (Wildman–Crippen MR) is 542 cm³/mol. The zero-order valence-electron chi connectivity index (χ0n) is 76.5. The minimum Gasteiger partial charge on any atom is -0.507 e. The first-order valence-electron chi connectivity index (χ1n) is 42.2. The Labute approximate surface area is 830 Å². The minimum atomic E-state index is -1.14. The summed E-state index contributed by atoms with van der Waals surface area (Å²) in [6.45, 7) is 20.5. The van der Waals surface area contributed by atoms with Gasteiger partial charge in [0.15, 0.2) is 11.4 Å². The number of aromatic amines is 4. The van der Waals surface area contributed by atoms with Crippen LogP contribution in [-0.2, 0) is 17.6 Å². The molecule has 0 saturated carbocycles. The molecule has 13 aromatic heterocycles. The van der Waals surface area contributed by atoms with E-state index < -0.39 is 64.9 Å². The number of aliphatic imine (C=N–C) groups is 4. The van der Waals surface area contributed by atoms with Crippen LogP contribution in [0.3, 0.4) is 0 Å². The number of aromatic hydroxyl groups is 2. The summed E-state index contributed by atoms with van der Waals surface area (Å²) in [6, 6.07) is 14.5. The van der Waals surface area contributed by atoms with Gasteiger partial charge in [-0.05, 0) is 189 Å². The molecule has 3 amide bonds. The highest BCUT2D eigenvalue weighted by Crippen LogP contribution is 2.43. The van der Waals surface area contributed by atoms with Crippen LogP contribution in [0, 0.1) is 27.7 Å². The smallest absolute Gasteiger partial charge is 0.285 e. The number of hydrogen-bond acceptors (Lipinski definition) is 36. The Morgan fingerprint density at radius 2 is 1.11 bits per heavy atom. The van der Waals surface area contributed by atoms with E-state index in [0.29, 0.717) is 78.3 Å². The molecule has 0 radical (unpaired) electrons. The van der Waals surface area contributed by atoms with E-state index in [2.05, 4.69) is 109 Å². The van der Waals surface area contributed by atoms with Gasteiger partial charge in [-0.15, -0.1) is 0 Å². The summed E-state index contributed by atoms with van der Waals surface area (Å²) in [6.07, 6.45) is 8.25. The van der Waals surface area contributed by atoms with Gasteiger partial charge in [-0.3, -0.25) is 99.6 Å². The van der Waals surface area contributed by atoms with Gasteiger partial charge in [0.05, 0.1) is 82.3 Å². The quantitative estimate of drug-likeness (QED) is 0.00668. The Bertz CT molecular complexity index is 7560. The molecule has 2 aliphatic heterocycles. The highest BCUT2D eigenvalue weighted by molar-refractivity contribution is 7.11. The average Bonchev–Trinajstić information content (AvgIpc) is 1.63. The zero-order valence-corrected chi connectivity index (χ0v) is 82.8. The number of aryl methyl sites for hydroxylation is 4. The van der Waals surface area contributed by atoms with E-state index in [1.54, 1.807) is 88.4 Å². The van der Waals surface area contributed by atoms with Crippen LogP contribution in [-0.4, -0.2) is 217 Å². The Morgan fingerprint density at radius 3 is 1.71 bits per heavy atom. The molecule has 730 valence electrons. The van der Waals surface area contributed by atoms with Gasteiger partial charge in [-0.1, -0.05) is 46.4 Å². The number of nitrogens with one attached hydrogen (secondary N) is 8. The van der Waals surface area contributed by atoms with Gasteiger partial charge in [0.1, 0.15) is 117 Å². The second-order valence-electron chi connectivity index (χ2n) is 32.1. The lowest BCUT2D eigenvalue weighted by Gasteiger charge is -2.23. The number of pyridine rings is 4. The van der Waals surface area contributed by atoms with E-state index in [9.17, 15) is 63.6 Å². The largest absolute Gasteiger partial charge is 0.507 e. The summed E-state index contributed by atoms with van der Waals surface area (Å²) in [5.74, 6) is -1.87. The number of halogens is 4. The van der Waals surface area contributed by atoms with E-state index in [1.807, 2.05) is 54.5 Å². The van der Waals surface area contributed by atoms with Crippen molar-refractivity contribution >= 4 is 228 Å². The second kappa shape index (κ2) is 43.6. The lowest BCUT2D eigenvalue weighted by atomic mass is 10.1. The number of amidine groups is 4. The van der Waals surface area contributed by atoms with E-state index in [0.717, 1.165) is 80.5 Å². The van der Waals surface area contributed by atoms with E-state index in [1.165, 1.54) is 62.8 Å². The molecule has 53 heteroatoms. The number of carbonyl (C=O) groups excluding carboxylic acids is 5. The van der Waals surface area contributed by atoms with Crippen LogP contribution in [0.4, 0.5) is 60.6 Å². The van der Waals surface area contributed by atoms with Crippen LogP contribution in [0.15, 0.2) is 137 Å². The first kappa shape index (κ1) is 103. The van der Waals surface area contributed by atoms with Crippen LogP contribution in [0.1, 0.15) is 153 Å². The van der Waals surface area contributed by atoms with Crippen molar-refractivity contribution in [2.45, 2.75) is 138 Å². The van der Waals surface area contributed by atoms with Crippen LogP contribution in [0.5, 0.6) is 11.5 Å². The van der Waals surface area contributed by atoms with Crippen molar-refractivity contribution in [2.75, 3.05) is 56.2 Å². The minimum absolute atomic E-state index is 0.0345. The third-order valence-electron chi connectivity index (χ3n) is 21.1. The number of fused-ring (bicyclic) bond motifs is 4. The normalized spacial score (nSPS) is 14.3. The van der Waals surface area contributed by atoms with E-state index in [4.69, 9.17) is 74.4 Å². The number of H-pyrrole nitrogens is 4. The number of amides is 3. The zero-order chi connectivity index (χ0) is 102. The van der Waals surface area contributed by atoms with Gasteiger partial charge >= 0.3 is 0 Å². The monoisotopic (exact) mass is 2060 g/mol. The summed E-state index contributed by atoms with van der Waals surface area (Å²) in [4.78, 5) is 178. The third kappa shape index (κ3) is 22.5. The number of rotatable bonds is 24. The lowest BCUT2D eigenvalue weighted by Crippen LogP contribution is -2.35. The molecule has 0 bridgehead atoms. The number of aromatic nitrogens is 16. The molecule has 0 saturated heterocycles. The van der Waals surface area contributed by atoms with Crippen LogP contribution < -0.4 is 81.1 Å². The molecule has 16 rings (SSSR count). The molecule has 1 aromatic carbocycles. The SMILES string of the molecule is CC(=O)N(C)c1ccc2c(ccn2C(=O)c2cc(Nc3s[nH]c(=O)c3C(N)=NC(C)C(O)CO)ncn2)n1.CC(C)N=C(N)c1c(Nc2ccc(O)c(C(=O)N3c4cnc(Cl)c(Cl)c4CC3C)c2)s[nH]c1=O.Cc1cc2c(c(C)n1)CC(Cl)N2C(=O)c1nc(Nc2s[nH]c(=O)c2C(N)=NC(C)C)ncc1C.Cc1cc2c(ccn2C(=O)c2nc(Nc3s[nH]c(=O)c3C(N)=NC(C)CO)ncc2O)c(Cl)n1. The highest BCUT2D eigenvalue weighted by Gasteiger charge is 2.39. The summed E-state index contributed by atoms with van der Waals surface area (Å²) in [7, 11) is 1.61. The van der Waals surface area contributed by atoms with Crippen molar-refractivity contribution in [3.8, 4) is 11.5 Å². The van der Waals surface area contributed by atoms with Crippen molar-refractivity contribution in [1.29, 1.82) is 0 Å². The molecule has 0 spiro atoms. The number of nitrogens with zero attached hydrogens (tertiary/aromatic N) is 19. The van der Waals surface area contributed by atoms with Gasteiger partial charge in [-0.2, -0.15) is 0 Å². The summed E-state index contributed by atoms with van der Waals surface area (Å²) < 4.78 is 13.1. The Hall–Kier alpha value is -14.7. The number of phenols is 1. The first-order chi connectivity index (χ1) is 66.4. The summed E-state index contributed by atoms with van der Waals surface area (Å²) in [5.41, 5.74) is 30.2. The summed E-state index contributed by atoms with van der Waals surface area (Å²) in [5, 5.41) is 63.4. The fourth-order valence-corrected chi connectivity index (χ4v) is 18.3. The maximum atomic E-state index is 13.6. The van der Waals surface area contributed by atoms with E-state index >= 15 is 0 Å². The molecule has 21 N–H and O–H groups in total. The fourth-order valence-electron chi connectivity index (χ4n) is 14.3. The average molecular weight is 2060 g/mol. The van der Waals surface area contributed by atoms with Gasteiger partial charge in [0, 0.05) is 102 Å². The highest BCUT2D eigenvalue weighted by atomic mass is 35.5. The van der Waals surface area contributed by atoms with Crippen molar-refractivity contribution in [2.24, 2.45) is 42.9 Å². The van der Waals surface area contributed by atoms with Gasteiger partial charge in [0.25, 0.3) is 45.9 Å². The molecule has 45 nitrogen and oxygen atoms in total. The molecule has 140 heavy (non-hydrogen) atoms. The number of anilines is 11. The number of aliphatic hydroxyl groups excluding tert-OH is 3. The maximum absolute atomic E-state index is 13.6. The number of benzene rings is 1. The van der Waals surface area contributed by atoms with Gasteiger partial charge < -0.3 is 79.5 Å². The van der Waals surface area contributed by atoms with Gasteiger partial charge in [-0.25, -0.2) is 44.9 Å². The molecule has 14 aromatic rings. The van der Waals surface area contributed by atoms with Gasteiger partial charge in [0.2, 0.25) is 17.8 Å². The first-order valence-corrected chi connectivity index (χ1v) is 47.1. The number of nitrogens with two attached hydrogens (primary N) is 4. The van der Waals surface area contributed by atoms with Crippen LogP contribution in [0.25, 0.3) is 21.9 Å². The molecular formula is C87H91Cl4N31O14S4. The van der Waals surface area contributed by atoms with Crippen molar-refractivity contribution in [3.05, 3.63) is 233 Å². The molecule has 2 aliphatic rings. The van der Waals surface area contributed by atoms with Crippen molar-refractivity contribution in [3.63, 3.8) is 0 Å². The predicted octanol–water partition coefficient (Wildman–Crippen LogP) is 9.66. The molecule has 5 unspecified atom stereocenters. The topological polar surface area (TPSA) is 668 Å². The molecule has 5 atom stereocenters. The molecular weight excluding hydrogens is 1970 g/mol.